The van der Waals surface area contributed by atoms with Crippen molar-refractivity contribution in [2.75, 3.05) is 26.1 Å². The van der Waals surface area contributed by atoms with Gasteiger partial charge in [0.2, 0.25) is 5.76 Å². The van der Waals surface area contributed by atoms with E-state index >= 15 is 0 Å². The minimum absolute atomic E-state index is 0.0311. The largest absolute Gasteiger partial charge is 0.488 e. The summed E-state index contributed by atoms with van der Waals surface area (Å²) in [6.07, 6.45) is 1.52. The Balaban J connectivity index is 1.56. The highest BCUT2D eigenvalue weighted by atomic mass is 19.1. The molecule has 10 heteroatoms. The number of anilines is 1. The van der Waals surface area contributed by atoms with Crippen molar-refractivity contribution in [3.8, 4) is 5.75 Å². The molecule has 9 nitrogen and oxygen atoms in total. The summed E-state index contributed by atoms with van der Waals surface area (Å²) < 4.78 is 29.5. The third-order valence-corrected chi connectivity index (χ3v) is 5.42. The van der Waals surface area contributed by atoms with Crippen LogP contribution in [0.25, 0.3) is 6.08 Å². The molecule has 0 atom stereocenters. The van der Waals surface area contributed by atoms with Gasteiger partial charge in [-0.3, -0.25) is 9.69 Å². The molecule has 1 saturated heterocycles. The van der Waals surface area contributed by atoms with Crippen molar-refractivity contribution in [1.29, 1.82) is 0 Å². The number of carbonyl (C=O) groups is 3. The molecule has 1 aromatic heterocycles. The number of urea groups is 1. The molecular weight excluding hydrogens is 469 g/mol. The average molecular weight is 493 g/mol. The molecule has 4 rings (SSSR count). The molecule has 3 aromatic rings. The van der Waals surface area contributed by atoms with E-state index in [1.807, 2.05) is 25.1 Å². The molecule has 0 saturated carbocycles. The van der Waals surface area contributed by atoms with Crippen molar-refractivity contribution in [1.82, 2.24) is 10.2 Å². The SMILES string of the molecule is COC(=O)c1ccc(CN2C(=O)NC(=Cc3ccc(N(C)C)cc3OCc3cccc(F)c3)C2=O)o1. The number of furan rings is 1. The van der Waals surface area contributed by atoms with Crippen LogP contribution in [-0.4, -0.2) is 44.0 Å². The van der Waals surface area contributed by atoms with Gasteiger partial charge >= 0.3 is 12.0 Å². The lowest BCUT2D eigenvalue weighted by Crippen LogP contribution is -2.30. The molecule has 1 aliphatic rings. The van der Waals surface area contributed by atoms with Crippen molar-refractivity contribution in [3.63, 3.8) is 0 Å². The highest BCUT2D eigenvalue weighted by molar-refractivity contribution is 6.14. The molecule has 3 amide bonds. The molecule has 0 spiro atoms. The Bertz CT molecular complexity index is 1350. The first-order valence-corrected chi connectivity index (χ1v) is 11.0. The monoisotopic (exact) mass is 493 g/mol. The number of hydrogen-bond donors (Lipinski definition) is 1. The van der Waals surface area contributed by atoms with E-state index in [9.17, 15) is 18.8 Å². The highest BCUT2D eigenvalue weighted by Gasteiger charge is 2.34. The lowest BCUT2D eigenvalue weighted by Gasteiger charge is -2.16. The summed E-state index contributed by atoms with van der Waals surface area (Å²) in [7, 11) is 4.98. The lowest BCUT2D eigenvalue weighted by atomic mass is 10.1. The lowest BCUT2D eigenvalue weighted by molar-refractivity contribution is -0.123. The Morgan fingerprint density at radius 2 is 1.94 bits per heavy atom. The van der Waals surface area contributed by atoms with Gasteiger partial charge in [0.1, 0.15) is 29.6 Å². The van der Waals surface area contributed by atoms with Gasteiger partial charge < -0.3 is 24.1 Å². The molecule has 2 heterocycles. The van der Waals surface area contributed by atoms with Crippen LogP contribution in [0.5, 0.6) is 5.75 Å². The van der Waals surface area contributed by atoms with Gasteiger partial charge in [-0.05, 0) is 48.0 Å². The summed E-state index contributed by atoms with van der Waals surface area (Å²) in [5.41, 5.74) is 2.10. The number of benzene rings is 2. The highest BCUT2D eigenvalue weighted by Crippen LogP contribution is 2.29. The van der Waals surface area contributed by atoms with Gasteiger partial charge in [0, 0.05) is 31.4 Å². The molecule has 0 unspecified atom stereocenters. The molecule has 186 valence electrons. The van der Waals surface area contributed by atoms with Gasteiger partial charge in [-0.25, -0.2) is 14.0 Å². The van der Waals surface area contributed by atoms with E-state index < -0.39 is 17.9 Å². The maximum Gasteiger partial charge on any atom is 0.373 e. The van der Waals surface area contributed by atoms with Crippen LogP contribution in [0.2, 0.25) is 0 Å². The number of carbonyl (C=O) groups excluding carboxylic acids is 3. The van der Waals surface area contributed by atoms with Crippen LogP contribution < -0.4 is 15.0 Å². The van der Waals surface area contributed by atoms with Gasteiger partial charge in [0.25, 0.3) is 5.91 Å². The number of nitrogens with zero attached hydrogens (tertiary/aromatic N) is 2. The Labute approximate surface area is 206 Å². The van der Waals surface area contributed by atoms with E-state index in [1.165, 1.54) is 37.5 Å². The predicted molar refractivity (Wildman–Crippen MR) is 129 cm³/mol. The van der Waals surface area contributed by atoms with Crippen LogP contribution in [0.1, 0.15) is 27.4 Å². The van der Waals surface area contributed by atoms with Gasteiger partial charge in [0.05, 0.1) is 13.7 Å². The average Bonchev–Trinajstić information content (AvgIpc) is 3.43. The molecule has 1 N–H and O–H groups in total. The number of nitrogens with one attached hydrogen (secondary N) is 1. The van der Waals surface area contributed by atoms with Crippen LogP contribution in [-0.2, 0) is 22.7 Å². The van der Waals surface area contributed by atoms with E-state index in [4.69, 9.17) is 9.15 Å². The van der Waals surface area contributed by atoms with E-state index in [0.29, 0.717) is 16.9 Å². The zero-order valence-electron chi connectivity index (χ0n) is 19.9. The van der Waals surface area contributed by atoms with Crippen LogP contribution in [0.15, 0.2) is 64.7 Å². The number of rotatable bonds is 8. The number of amides is 3. The number of halogens is 1. The van der Waals surface area contributed by atoms with Crippen LogP contribution in [0.4, 0.5) is 14.9 Å². The zero-order chi connectivity index (χ0) is 25.8. The first-order chi connectivity index (χ1) is 17.2. The molecule has 0 bridgehead atoms. The quantitative estimate of drug-likeness (QED) is 0.288. The van der Waals surface area contributed by atoms with E-state index in [0.717, 1.165) is 10.6 Å². The number of imide groups is 1. The van der Waals surface area contributed by atoms with Crippen molar-refractivity contribution >= 4 is 29.7 Å². The van der Waals surface area contributed by atoms with E-state index in [2.05, 4.69) is 10.1 Å². The summed E-state index contributed by atoms with van der Waals surface area (Å²) in [5.74, 6) is -0.928. The van der Waals surface area contributed by atoms with Crippen LogP contribution in [0, 0.1) is 5.82 Å². The molecule has 0 aliphatic carbocycles. The third-order valence-electron chi connectivity index (χ3n) is 5.42. The number of ether oxygens (including phenoxy) is 2. The first kappa shape index (κ1) is 24.5. The molecule has 2 aromatic carbocycles. The fourth-order valence-electron chi connectivity index (χ4n) is 3.53. The van der Waals surface area contributed by atoms with Crippen molar-refractivity contribution in [2.45, 2.75) is 13.2 Å². The second-order valence-corrected chi connectivity index (χ2v) is 8.17. The summed E-state index contributed by atoms with van der Waals surface area (Å²) >= 11 is 0. The Kier molecular flexibility index (Phi) is 7.05. The summed E-state index contributed by atoms with van der Waals surface area (Å²) in [6, 6.07) is 13.8. The molecule has 0 radical (unpaired) electrons. The second-order valence-electron chi connectivity index (χ2n) is 8.17. The third kappa shape index (κ3) is 5.38. The summed E-state index contributed by atoms with van der Waals surface area (Å²) in [4.78, 5) is 39.9. The number of methoxy groups -OCH3 is 1. The normalized spacial score (nSPS) is 14.2. The summed E-state index contributed by atoms with van der Waals surface area (Å²) in [6.45, 7) is -0.0558. The minimum atomic E-state index is -0.661. The topological polar surface area (TPSA) is 101 Å². The molecule has 1 aliphatic heterocycles. The van der Waals surface area contributed by atoms with Crippen molar-refractivity contribution in [3.05, 3.63) is 88.8 Å². The molecule has 36 heavy (non-hydrogen) atoms. The van der Waals surface area contributed by atoms with E-state index in [-0.39, 0.29) is 36.2 Å². The fraction of sp³-hybridized carbons (Fsp3) is 0.192. The number of esters is 1. The van der Waals surface area contributed by atoms with Gasteiger partial charge in [-0.15, -0.1) is 0 Å². The van der Waals surface area contributed by atoms with Gasteiger partial charge in [0.15, 0.2) is 0 Å². The predicted octanol–water partition coefficient (Wildman–Crippen LogP) is 3.94. The minimum Gasteiger partial charge on any atom is -0.488 e. The number of hydrogen-bond acceptors (Lipinski definition) is 7. The summed E-state index contributed by atoms with van der Waals surface area (Å²) in [5, 5.41) is 2.56. The van der Waals surface area contributed by atoms with Gasteiger partial charge in [-0.1, -0.05) is 12.1 Å². The van der Waals surface area contributed by atoms with Crippen LogP contribution >= 0.6 is 0 Å². The Morgan fingerprint density at radius 3 is 2.67 bits per heavy atom. The smallest absolute Gasteiger partial charge is 0.373 e. The standard InChI is InChI=1S/C26H24FN3O6/c1-29(2)19-8-7-17(23(13-19)35-15-16-5-4-6-18(27)11-16)12-21-24(31)30(26(33)28-21)14-20-9-10-22(36-20)25(32)34-3/h4-13H,14-15H2,1-3H3,(H,28,33). The van der Waals surface area contributed by atoms with Gasteiger partial charge in [-0.2, -0.15) is 0 Å². The Hall–Kier alpha value is -4.60. The first-order valence-electron chi connectivity index (χ1n) is 11.0. The van der Waals surface area contributed by atoms with Crippen molar-refractivity contribution < 1.29 is 32.7 Å². The second kappa shape index (κ2) is 10.3. The maximum absolute atomic E-state index is 13.6. The van der Waals surface area contributed by atoms with Crippen LogP contribution in [0.3, 0.4) is 0 Å². The maximum atomic E-state index is 13.6. The Morgan fingerprint density at radius 1 is 1.14 bits per heavy atom. The van der Waals surface area contributed by atoms with E-state index in [1.54, 1.807) is 24.3 Å². The van der Waals surface area contributed by atoms with Crippen molar-refractivity contribution in [2.24, 2.45) is 0 Å². The molecule has 1 fully saturated rings. The zero-order valence-corrected chi connectivity index (χ0v) is 19.9. The molecular formula is C26H24FN3O6. The fourth-order valence-corrected chi connectivity index (χ4v) is 3.53.